The molecule has 1 aromatic carbocycles. The van der Waals surface area contributed by atoms with Gasteiger partial charge in [-0.2, -0.15) is 0 Å². The molecule has 114 valence electrons. The van der Waals surface area contributed by atoms with Crippen LogP contribution in [0.15, 0.2) is 24.3 Å². The lowest BCUT2D eigenvalue weighted by molar-refractivity contribution is -0.141. The van der Waals surface area contributed by atoms with Gasteiger partial charge in [-0.1, -0.05) is 12.1 Å². The number of rotatable bonds is 2. The van der Waals surface area contributed by atoms with Crippen molar-refractivity contribution in [2.75, 3.05) is 26.2 Å². The molecule has 0 unspecified atom stereocenters. The van der Waals surface area contributed by atoms with Gasteiger partial charge in [0.1, 0.15) is 5.82 Å². The van der Waals surface area contributed by atoms with Gasteiger partial charge in [0.15, 0.2) is 0 Å². The van der Waals surface area contributed by atoms with E-state index in [4.69, 9.17) is 0 Å². The quantitative estimate of drug-likeness (QED) is 0.834. The van der Waals surface area contributed by atoms with Crippen LogP contribution in [0.4, 0.5) is 4.39 Å². The third kappa shape index (κ3) is 3.23. The summed E-state index contributed by atoms with van der Waals surface area (Å²) in [6, 6.07) is 6.05. The first-order valence-electron chi connectivity index (χ1n) is 7.13. The van der Waals surface area contributed by atoms with Crippen LogP contribution in [0.2, 0.25) is 0 Å². The van der Waals surface area contributed by atoms with E-state index < -0.39 is 5.41 Å². The van der Waals surface area contributed by atoms with Crippen molar-refractivity contribution >= 4 is 11.8 Å². The van der Waals surface area contributed by atoms with Gasteiger partial charge in [0.2, 0.25) is 11.8 Å². The van der Waals surface area contributed by atoms with E-state index >= 15 is 0 Å². The number of amides is 2. The third-order valence-corrected chi connectivity index (χ3v) is 4.11. The van der Waals surface area contributed by atoms with Crippen molar-refractivity contribution < 1.29 is 14.0 Å². The highest BCUT2D eigenvalue weighted by molar-refractivity contribution is 5.87. The topological polar surface area (TPSA) is 40.6 Å². The van der Waals surface area contributed by atoms with E-state index in [1.54, 1.807) is 28.9 Å². The smallest absolute Gasteiger partial charge is 0.232 e. The summed E-state index contributed by atoms with van der Waals surface area (Å²) in [4.78, 5) is 27.5. The van der Waals surface area contributed by atoms with Crippen LogP contribution < -0.4 is 0 Å². The maximum atomic E-state index is 13.0. The Morgan fingerprint density at radius 1 is 1.00 bits per heavy atom. The zero-order valence-corrected chi connectivity index (χ0v) is 12.7. The first-order valence-corrected chi connectivity index (χ1v) is 7.13. The second kappa shape index (κ2) is 5.84. The van der Waals surface area contributed by atoms with E-state index in [1.165, 1.54) is 12.1 Å². The molecule has 21 heavy (non-hydrogen) atoms. The maximum Gasteiger partial charge on any atom is 0.232 e. The summed E-state index contributed by atoms with van der Waals surface area (Å²) < 4.78 is 13.0. The van der Waals surface area contributed by atoms with Gasteiger partial charge in [0.25, 0.3) is 0 Å². The number of carbonyl (C=O) groups is 2. The molecule has 5 heteroatoms. The van der Waals surface area contributed by atoms with Gasteiger partial charge in [-0.05, 0) is 31.5 Å². The lowest BCUT2D eigenvalue weighted by atomic mass is 9.83. The molecule has 1 aliphatic heterocycles. The van der Waals surface area contributed by atoms with E-state index in [2.05, 4.69) is 0 Å². The summed E-state index contributed by atoms with van der Waals surface area (Å²) in [5.41, 5.74) is 0.0921. The molecule has 1 saturated heterocycles. The molecular formula is C16H21FN2O2. The second-order valence-corrected chi connectivity index (χ2v) is 5.93. The molecule has 0 spiro atoms. The van der Waals surface area contributed by atoms with Gasteiger partial charge in [0.05, 0.1) is 5.41 Å². The number of carbonyl (C=O) groups excluding carboxylic acids is 2. The van der Waals surface area contributed by atoms with Gasteiger partial charge >= 0.3 is 0 Å². The highest BCUT2D eigenvalue weighted by Gasteiger charge is 2.35. The molecule has 2 rings (SSSR count). The fourth-order valence-electron chi connectivity index (χ4n) is 2.61. The molecule has 1 heterocycles. The highest BCUT2D eigenvalue weighted by Crippen LogP contribution is 2.26. The number of benzene rings is 1. The molecule has 0 aromatic heterocycles. The summed E-state index contributed by atoms with van der Waals surface area (Å²) in [5.74, 6) is -0.255. The fraction of sp³-hybridized carbons (Fsp3) is 0.500. The van der Waals surface area contributed by atoms with Crippen molar-refractivity contribution in [3.05, 3.63) is 35.6 Å². The first kappa shape index (κ1) is 15.5. The van der Waals surface area contributed by atoms with Gasteiger partial charge in [0, 0.05) is 33.1 Å². The SMILES string of the molecule is CC(=O)N1CCN(C(=O)C(C)(C)c2ccc(F)cc2)CC1. The Morgan fingerprint density at radius 2 is 1.48 bits per heavy atom. The normalized spacial score (nSPS) is 16.0. The molecule has 0 saturated carbocycles. The van der Waals surface area contributed by atoms with Crippen LogP contribution in [0.3, 0.4) is 0 Å². The molecule has 0 radical (unpaired) electrons. The van der Waals surface area contributed by atoms with Crippen LogP contribution >= 0.6 is 0 Å². The Labute approximate surface area is 124 Å². The number of hydrogen-bond donors (Lipinski definition) is 0. The summed E-state index contributed by atoms with van der Waals surface area (Å²) in [7, 11) is 0. The molecule has 0 bridgehead atoms. The van der Waals surface area contributed by atoms with Crippen molar-refractivity contribution in [1.29, 1.82) is 0 Å². The Kier molecular flexibility index (Phi) is 4.30. The zero-order chi connectivity index (χ0) is 15.6. The van der Waals surface area contributed by atoms with Crippen LogP contribution in [-0.4, -0.2) is 47.8 Å². The van der Waals surface area contributed by atoms with E-state index in [-0.39, 0.29) is 17.6 Å². The van der Waals surface area contributed by atoms with Crippen LogP contribution in [0, 0.1) is 5.82 Å². The summed E-state index contributed by atoms with van der Waals surface area (Å²) in [5, 5.41) is 0. The minimum Gasteiger partial charge on any atom is -0.339 e. The van der Waals surface area contributed by atoms with Gasteiger partial charge in [-0.3, -0.25) is 9.59 Å². The van der Waals surface area contributed by atoms with Crippen molar-refractivity contribution in [3.63, 3.8) is 0 Å². The lowest BCUT2D eigenvalue weighted by Crippen LogP contribution is -2.54. The maximum absolute atomic E-state index is 13.0. The van der Waals surface area contributed by atoms with E-state index in [9.17, 15) is 14.0 Å². The minimum atomic E-state index is -0.702. The molecule has 1 fully saturated rings. The van der Waals surface area contributed by atoms with Crippen LogP contribution in [0.5, 0.6) is 0 Å². The molecule has 1 aromatic rings. The Hall–Kier alpha value is -1.91. The predicted molar refractivity (Wildman–Crippen MR) is 78.3 cm³/mol. The van der Waals surface area contributed by atoms with Gasteiger partial charge < -0.3 is 9.80 Å². The average molecular weight is 292 g/mol. The molecule has 1 aliphatic rings. The molecule has 0 N–H and O–H groups in total. The molecular weight excluding hydrogens is 271 g/mol. The molecule has 2 amide bonds. The molecule has 0 aliphatic carbocycles. The Bertz CT molecular complexity index is 532. The number of nitrogens with zero attached hydrogens (tertiary/aromatic N) is 2. The first-order chi connectivity index (χ1) is 9.82. The standard InChI is InChI=1S/C16H21FN2O2/c1-12(20)18-8-10-19(11-9-18)15(21)16(2,3)13-4-6-14(17)7-5-13/h4-7H,8-11H2,1-3H3. The molecule has 0 atom stereocenters. The van der Waals surface area contributed by atoms with Crippen LogP contribution in [0.1, 0.15) is 26.3 Å². The molecule has 4 nitrogen and oxygen atoms in total. The average Bonchev–Trinajstić information content (AvgIpc) is 2.47. The van der Waals surface area contributed by atoms with Crippen molar-refractivity contribution in [1.82, 2.24) is 9.80 Å². The van der Waals surface area contributed by atoms with Gasteiger partial charge in [-0.25, -0.2) is 4.39 Å². The summed E-state index contributed by atoms with van der Waals surface area (Å²) in [6.45, 7) is 7.47. The Morgan fingerprint density at radius 3 is 1.95 bits per heavy atom. The van der Waals surface area contributed by atoms with Crippen molar-refractivity contribution in [2.45, 2.75) is 26.2 Å². The minimum absolute atomic E-state index is 0.0114. The summed E-state index contributed by atoms with van der Waals surface area (Å²) in [6.07, 6.45) is 0. The second-order valence-electron chi connectivity index (χ2n) is 5.93. The highest BCUT2D eigenvalue weighted by atomic mass is 19.1. The zero-order valence-electron chi connectivity index (χ0n) is 12.7. The fourth-order valence-corrected chi connectivity index (χ4v) is 2.61. The predicted octanol–water partition coefficient (Wildman–Crippen LogP) is 1.79. The monoisotopic (exact) mass is 292 g/mol. The van der Waals surface area contributed by atoms with Gasteiger partial charge in [-0.15, -0.1) is 0 Å². The lowest BCUT2D eigenvalue weighted by Gasteiger charge is -2.38. The van der Waals surface area contributed by atoms with Crippen molar-refractivity contribution in [2.24, 2.45) is 0 Å². The number of halogens is 1. The van der Waals surface area contributed by atoms with Crippen LogP contribution in [0.25, 0.3) is 0 Å². The summed E-state index contributed by atoms with van der Waals surface area (Å²) >= 11 is 0. The third-order valence-electron chi connectivity index (χ3n) is 4.11. The van der Waals surface area contributed by atoms with E-state index in [0.29, 0.717) is 26.2 Å². The largest absolute Gasteiger partial charge is 0.339 e. The van der Waals surface area contributed by atoms with E-state index in [1.807, 2.05) is 13.8 Å². The van der Waals surface area contributed by atoms with Crippen molar-refractivity contribution in [3.8, 4) is 0 Å². The van der Waals surface area contributed by atoms with E-state index in [0.717, 1.165) is 5.56 Å². The number of hydrogen-bond acceptors (Lipinski definition) is 2. The number of piperazine rings is 1. The van der Waals surface area contributed by atoms with Crippen LogP contribution in [-0.2, 0) is 15.0 Å². The Balaban J connectivity index is 2.09.